The van der Waals surface area contributed by atoms with E-state index in [0.717, 1.165) is 0 Å². The van der Waals surface area contributed by atoms with Crippen LogP contribution in [0.4, 0.5) is 0 Å². The van der Waals surface area contributed by atoms with Crippen molar-refractivity contribution in [2.75, 3.05) is 0 Å². The summed E-state index contributed by atoms with van der Waals surface area (Å²) in [6.45, 7) is 0. The van der Waals surface area contributed by atoms with Gasteiger partial charge in [0.15, 0.2) is 0 Å². The molecule has 0 aromatic rings. The van der Waals surface area contributed by atoms with Crippen molar-refractivity contribution in [3.63, 3.8) is 0 Å². The number of hydrogen-bond donors (Lipinski definition) is 2. The monoisotopic (exact) mass is 536 g/mol. The number of quaternary nitrogens is 2. The van der Waals surface area contributed by atoms with E-state index in [-0.39, 0.29) is 12.3 Å². The third-order valence-electron chi connectivity index (χ3n) is 0. The SMILES string of the molecule is O=S(=O)([O-])[O-].O=S(=O)([O-])[O-].O=S(=O)([O-])[O-].[NH4+].[NH4+].[O]=[Zr+2].[O]=[Zr+2]. The van der Waals surface area contributed by atoms with Crippen LogP contribution >= 0.6 is 0 Å². The van der Waals surface area contributed by atoms with Crippen LogP contribution in [-0.2, 0) is 86.3 Å². The first kappa shape index (κ1) is 43.1. The molecule has 0 aromatic carbocycles. The van der Waals surface area contributed by atoms with Crippen LogP contribution < -0.4 is 12.3 Å². The summed E-state index contributed by atoms with van der Waals surface area (Å²) in [5, 5.41) is 0. The average Bonchev–Trinajstić information content (AvgIpc) is 2.01. The zero-order valence-corrected chi connectivity index (χ0v) is 17.3. The van der Waals surface area contributed by atoms with Gasteiger partial charge in [-0.05, 0) is 0 Å². The van der Waals surface area contributed by atoms with Crippen LogP contribution in [0, 0.1) is 0 Å². The van der Waals surface area contributed by atoms with E-state index in [1.54, 1.807) is 0 Å². The number of rotatable bonds is 0. The molecule has 8 N–H and O–H groups in total. The second-order valence-electron chi connectivity index (χ2n) is 1.22. The molecule has 0 unspecified atom stereocenters. The maximum atomic E-state index is 8.52. The summed E-state index contributed by atoms with van der Waals surface area (Å²) in [4.78, 5) is 0. The first-order valence-electron chi connectivity index (χ1n) is 2.41. The molecule has 0 spiro atoms. The second kappa shape index (κ2) is 23.2. The van der Waals surface area contributed by atoms with Gasteiger partial charge >= 0.3 is 55.1 Å². The molecule has 0 heterocycles. The van der Waals surface area contributed by atoms with Crippen LogP contribution in [0.25, 0.3) is 0 Å². The third kappa shape index (κ3) is 9290. The van der Waals surface area contributed by atoms with Crippen molar-refractivity contribution >= 4 is 31.2 Å². The molecule has 0 aromatic heterocycles. The van der Waals surface area contributed by atoms with Crippen LogP contribution in [0.1, 0.15) is 0 Å². The number of hydrogen-bond acceptors (Lipinski definition) is 14. The zero-order chi connectivity index (χ0) is 17.5. The Bertz CT molecular complexity index is 377. The van der Waals surface area contributed by atoms with Gasteiger partial charge in [0, 0.05) is 31.2 Å². The van der Waals surface area contributed by atoms with Gasteiger partial charge in [-0.15, -0.1) is 0 Å². The van der Waals surface area contributed by atoms with Gasteiger partial charge in [0.1, 0.15) is 0 Å². The Hall–Kier alpha value is 0.896. The van der Waals surface area contributed by atoms with Crippen molar-refractivity contribution in [2.45, 2.75) is 0 Å². The average molecular weight is 539 g/mol. The molecule has 0 bridgehead atoms. The Kier molecular flexibility index (Phi) is 47.5. The van der Waals surface area contributed by atoms with Crippen LogP contribution in [0.5, 0.6) is 0 Å². The Balaban J connectivity index is -0.0000000239. The van der Waals surface area contributed by atoms with Crippen LogP contribution in [0.15, 0.2) is 0 Å². The topological polar surface area (TPSA) is 348 Å². The molecule has 0 saturated carbocycles. The van der Waals surface area contributed by atoms with Crippen molar-refractivity contribution in [1.82, 2.24) is 12.3 Å². The normalized spacial score (nSPS) is 8.86. The van der Waals surface area contributed by atoms with Gasteiger partial charge in [-0.25, -0.2) is 0 Å². The zero-order valence-electron chi connectivity index (χ0n) is 9.94. The van der Waals surface area contributed by atoms with Gasteiger partial charge in [-0.1, -0.05) is 0 Å². The Morgan fingerprint density at radius 1 is 0.429 bits per heavy atom. The fourth-order valence-corrected chi connectivity index (χ4v) is 0. The molecule has 0 aliphatic rings. The van der Waals surface area contributed by atoms with Crippen molar-refractivity contribution < 1.29 is 108 Å². The molecule has 0 rings (SSSR count). The summed E-state index contributed by atoms with van der Waals surface area (Å²) in [7, 11) is -15.5. The Morgan fingerprint density at radius 2 is 0.429 bits per heavy atom. The fourth-order valence-electron chi connectivity index (χ4n) is 0. The van der Waals surface area contributed by atoms with Crippen molar-refractivity contribution in [1.29, 1.82) is 0 Å². The van der Waals surface area contributed by atoms with Crippen molar-refractivity contribution in [3.05, 3.63) is 0 Å². The second-order valence-corrected chi connectivity index (χ2v) is 3.67. The summed E-state index contributed by atoms with van der Waals surface area (Å²) < 4.78 is 119. The van der Waals surface area contributed by atoms with Gasteiger partial charge in [-0.3, -0.25) is 25.3 Å². The molecule has 0 fully saturated rings. The molecule has 16 nitrogen and oxygen atoms in total. The fraction of sp³-hybridized carbons (Fsp3) is 0. The van der Waals surface area contributed by atoms with Gasteiger partial charge < -0.3 is 39.6 Å². The van der Waals surface area contributed by atoms with Crippen LogP contribution in [-0.4, -0.2) is 52.6 Å². The van der Waals surface area contributed by atoms with E-state index < -0.39 is 31.2 Å². The van der Waals surface area contributed by atoms with E-state index in [1.165, 1.54) is 0 Å². The van der Waals surface area contributed by atoms with Crippen molar-refractivity contribution in [2.24, 2.45) is 0 Å². The summed E-state index contributed by atoms with van der Waals surface area (Å²) in [5.74, 6) is 0. The molecule has 21 heteroatoms. The molecule has 0 radical (unpaired) electrons. The van der Waals surface area contributed by atoms with E-state index in [2.05, 4.69) is 0 Å². The molecule has 0 atom stereocenters. The minimum atomic E-state index is -5.17. The molecule has 0 saturated heterocycles. The van der Waals surface area contributed by atoms with E-state index in [9.17, 15) is 0 Å². The molecule has 0 amide bonds. The van der Waals surface area contributed by atoms with E-state index >= 15 is 0 Å². The van der Waals surface area contributed by atoms with Gasteiger partial charge in [0.05, 0.1) is 0 Å². The Morgan fingerprint density at radius 3 is 0.429 bits per heavy atom. The van der Waals surface area contributed by atoms with E-state index in [1.807, 2.05) is 0 Å². The Labute approximate surface area is 150 Å². The van der Waals surface area contributed by atoms with Crippen LogP contribution in [0.2, 0.25) is 0 Å². The molecule has 0 aliphatic carbocycles. The van der Waals surface area contributed by atoms with Crippen molar-refractivity contribution in [3.8, 4) is 0 Å². The van der Waals surface area contributed by atoms with Gasteiger partial charge in [-0.2, -0.15) is 0 Å². The molecular formula is H8N2O14S3Zr2. The quantitative estimate of drug-likeness (QED) is 0.223. The van der Waals surface area contributed by atoms with Gasteiger partial charge in [0.2, 0.25) is 0 Å². The molecular weight excluding hydrogens is 531 g/mol. The maximum absolute atomic E-state index is 8.52. The van der Waals surface area contributed by atoms with E-state index in [4.69, 9.17) is 58.2 Å². The molecule has 0 aliphatic heterocycles. The summed E-state index contributed by atoms with van der Waals surface area (Å²) in [6, 6.07) is 0. The standard InChI is InChI=1S/2H3N.3H2O4S.2O.2Zr/c;;3*1-5(2,3)4;;;;/h2*1H3;3*(H2,1,2,3,4);;;;/q;;;;;;;2*+2/p-4. The first-order valence-corrected chi connectivity index (χ1v) is 8.42. The minimum absolute atomic E-state index is 0. The summed E-state index contributed by atoms with van der Waals surface area (Å²) in [6.07, 6.45) is 0. The third-order valence-corrected chi connectivity index (χ3v) is 0. The molecule has 128 valence electrons. The first-order chi connectivity index (χ1) is 8.00. The summed E-state index contributed by atoms with van der Waals surface area (Å²) >= 11 is 0.600. The predicted octanol–water partition coefficient (Wildman–Crippen LogP) is -3.50. The van der Waals surface area contributed by atoms with Crippen LogP contribution in [0.3, 0.4) is 0 Å². The predicted molar refractivity (Wildman–Crippen MR) is 44.8 cm³/mol. The summed E-state index contributed by atoms with van der Waals surface area (Å²) in [5.41, 5.74) is 0. The van der Waals surface area contributed by atoms with E-state index in [0.29, 0.717) is 49.4 Å². The molecule has 21 heavy (non-hydrogen) atoms. The van der Waals surface area contributed by atoms with Gasteiger partial charge in [0.25, 0.3) is 0 Å².